The van der Waals surface area contributed by atoms with Crippen LogP contribution in [0.1, 0.15) is 5.56 Å². The summed E-state index contributed by atoms with van der Waals surface area (Å²) in [6, 6.07) is 7.82. The van der Waals surface area contributed by atoms with Crippen LogP contribution in [0.15, 0.2) is 33.9 Å². The number of imide groups is 1. The smallest absolute Gasteiger partial charge is 0.235 e. The molecular weight excluding hydrogens is 364 g/mol. The molecule has 6 unspecified atom stereocenters. The van der Waals surface area contributed by atoms with Crippen molar-refractivity contribution in [3.63, 3.8) is 0 Å². The van der Waals surface area contributed by atoms with Crippen LogP contribution >= 0.6 is 15.9 Å². The normalized spacial score (nSPS) is 40.3. The summed E-state index contributed by atoms with van der Waals surface area (Å²) < 4.78 is 6.97. The topological polar surface area (TPSA) is 68.2 Å². The third-order valence-corrected chi connectivity index (χ3v) is 5.93. The molecule has 4 aliphatic heterocycles. The van der Waals surface area contributed by atoms with Crippen molar-refractivity contribution in [1.82, 2.24) is 4.90 Å². The summed E-state index contributed by atoms with van der Waals surface area (Å²) in [6.07, 6.45) is -0.988. The number of hydrogen-bond acceptors (Lipinski definition) is 5. The van der Waals surface area contributed by atoms with Gasteiger partial charge in [-0.1, -0.05) is 33.2 Å². The number of nitrogens with zero attached hydrogens (tertiary/aromatic N) is 2. The van der Waals surface area contributed by atoms with Crippen LogP contribution in [0.5, 0.6) is 0 Å². The minimum absolute atomic E-state index is 0.0920. The van der Waals surface area contributed by atoms with Crippen molar-refractivity contribution < 1.29 is 19.2 Å². The number of rotatable bonds is 1. The van der Waals surface area contributed by atoms with Crippen LogP contribution in [-0.4, -0.2) is 47.8 Å². The molecule has 2 amide bonds. The fourth-order valence-corrected chi connectivity index (χ4v) is 4.63. The largest absolute Gasteiger partial charge is 0.389 e. The Morgan fingerprint density at radius 2 is 1.65 bits per heavy atom. The van der Waals surface area contributed by atoms with Crippen LogP contribution in [0.25, 0.3) is 0 Å². The Bertz CT molecular complexity index is 762. The van der Waals surface area contributed by atoms with Gasteiger partial charge in [-0.2, -0.15) is 0 Å². The highest BCUT2D eigenvalue weighted by Crippen LogP contribution is 2.54. The molecule has 5 rings (SSSR count). The lowest BCUT2D eigenvalue weighted by atomic mass is 9.71. The van der Waals surface area contributed by atoms with E-state index >= 15 is 0 Å². The van der Waals surface area contributed by atoms with Crippen molar-refractivity contribution >= 4 is 33.5 Å². The molecule has 4 aliphatic rings. The van der Waals surface area contributed by atoms with Gasteiger partial charge in [0.05, 0.1) is 29.6 Å². The Labute approximate surface area is 140 Å². The molecule has 0 aromatic heterocycles. The maximum atomic E-state index is 12.4. The standard InChI is InChI=1S/C16H13BrN2O4/c1-19-15(20)8-9(16(19)21)13-14-10(12(8)22-13)11(18-23-14)6-2-4-7(17)5-3-6/h2-5,8-10,12-14H,1H3. The van der Waals surface area contributed by atoms with Crippen LogP contribution in [0, 0.1) is 17.8 Å². The minimum Gasteiger partial charge on any atom is -0.389 e. The maximum Gasteiger partial charge on any atom is 0.235 e. The van der Waals surface area contributed by atoms with Gasteiger partial charge in [0, 0.05) is 11.5 Å². The van der Waals surface area contributed by atoms with E-state index in [-0.39, 0.29) is 36.0 Å². The number of carbonyl (C=O) groups excluding carboxylic acids is 2. The molecule has 0 saturated carbocycles. The molecule has 0 radical (unpaired) electrons. The number of likely N-dealkylation sites (tertiary alicyclic amines) is 1. The predicted octanol–water partition coefficient (Wildman–Crippen LogP) is 1.18. The van der Waals surface area contributed by atoms with Crippen LogP contribution in [0.4, 0.5) is 0 Å². The average molecular weight is 377 g/mol. The molecule has 6 nitrogen and oxygen atoms in total. The van der Waals surface area contributed by atoms with E-state index in [1.54, 1.807) is 7.05 Å². The molecule has 2 bridgehead atoms. The molecule has 0 aliphatic carbocycles. The quantitative estimate of drug-likeness (QED) is 0.690. The van der Waals surface area contributed by atoms with E-state index in [4.69, 9.17) is 9.57 Å². The van der Waals surface area contributed by atoms with Crippen molar-refractivity contribution in [2.75, 3.05) is 7.05 Å². The van der Waals surface area contributed by atoms with Gasteiger partial charge < -0.3 is 9.57 Å². The highest BCUT2D eigenvalue weighted by atomic mass is 79.9. The van der Waals surface area contributed by atoms with Gasteiger partial charge in [-0.3, -0.25) is 14.5 Å². The zero-order chi connectivity index (χ0) is 15.9. The summed E-state index contributed by atoms with van der Waals surface area (Å²) in [6.45, 7) is 0. The van der Waals surface area contributed by atoms with Gasteiger partial charge in [-0.25, -0.2) is 0 Å². The Balaban J connectivity index is 1.53. The second-order valence-corrected chi connectivity index (χ2v) is 7.35. The summed E-state index contributed by atoms with van der Waals surface area (Å²) in [4.78, 5) is 31.5. The third kappa shape index (κ3) is 1.59. The lowest BCUT2D eigenvalue weighted by molar-refractivity contribution is -0.141. The van der Waals surface area contributed by atoms with Crippen molar-refractivity contribution in [2.24, 2.45) is 22.9 Å². The van der Waals surface area contributed by atoms with E-state index in [1.165, 1.54) is 4.90 Å². The Morgan fingerprint density at radius 3 is 2.35 bits per heavy atom. The van der Waals surface area contributed by atoms with E-state index in [1.807, 2.05) is 24.3 Å². The van der Waals surface area contributed by atoms with Gasteiger partial charge in [-0.15, -0.1) is 0 Å². The summed E-state index contributed by atoms with van der Waals surface area (Å²) in [5.41, 5.74) is 1.77. The van der Waals surface area contributed by atoms with Crippen LogP contribution in [0.2, 0.25) is 0 Å². The first-order valence-corrected chi connectivity index (χ1v) is 8.34. The first-order valence-electron chi connectivity index (χ1n) is 7.54. The summed E-state index contributed by atoms with van der Waals surface area (Å²) >= 11 is 3.42. The number of carbonyl (C=O) groups is 2. The monoisotopic (exact) mass is 376 g/mol. The van der Waals surface area contributed by atoms with E-state index in [2.05, 4.69) is 21.1 Å². The molecule has 23 heavy (non-hydrogen) atoms. The van der Waals surface area contributed by atoms with Crippen LogP contribution < -0.4 is 0 Å². The molecule has 6 atom stereocenters. The predicted molar refractivity (Wildman–Crippen MR) is 82.5 cm³/mol. The fraction of sp³-hybridized carbons (Fsp3) is 0.438. The Morgan fingerprint density at radius 1 is 1.00 bits per heavy atom. The van der Waals surface area contributed by atoms with Gasteiger partial charge in [-0.05, 0) is 17.7 Å². The lowest BCUT2D eigenvalue weighted by Gasteiger charge is -2.26. The molecule has 1 aromatic carbocycles. The minimum atomic E-state index is -0.418. The molecule has 4 heterocycles. The molecule has 3 fully saturated rings. The number of oxime groups is 1. The highest BCUT2D eigenvalue weighted by molar-refractivity contribution is 9.10. The van der Waals surface area contributed by atoms with Gasteiger partial charge in [0.25, 0.3) is 0 Å². The zero-order valence-electron chi connectivity index (χ0n) is 12.2. The van der Waals surface area contributed by atoms with E-state index in [0.29, 0.717) is 0 Å². The number of fused-ring (bicyclic) bond motifs is 8. The van der Waals surface area contributed by atoms with Crippen molar-refractivity contribution in [3.05, 3.63) is 34.3 Å². The van der Waals surface area contributed by atoms with Crippen molar-refractivity contribution in [3.8, 4) is 0 Å². The number of ether oxygens (including phenoxy) is 1. The average Bonchev–Trinajstić information content (AvgIpc) is 3.26. The summed E-state index contributed by atoms with van der Waals surface area (Å²) in [5.74, 6) is -1.22. The molecular formula is C16H13BrN2O4. The fourth-order valence-electron chi connectivity index (χ4n) is 4.37. The first kappa shape index (κ1) is 13.7. The Kier molecular flexibility index (Phi) is 2.63. The Hall–Kier alpha value is -1.73. The highest BCUT2D eigenvalue weighted by Gasteiger charge is 2.71. The molecule has 118 valence electrons. The second-order valence-electron chi connectivity index (χ2n) is 6.43. The number of amides is 2. The molecule has 3 saturated heterocycles. The van der Waals surface area contributed by atoms with Gasteiger partial charge in [0.15, 0.2) is 6.10 Å². The SMILES string of the molecule is CN1C(=O)C2C3OC(C4C(c5ccc(Br)cc5)=NOC34)C2C1=O. The lowest BCUT2D eigenvalue weighted by Crippen LogP contribution is -2.45. The van der Waals surface area contributed by atoms with E-state index < -0.39 is 11.8 Å². The molecule has 0 spiro atoms. The van der Waals surface area contributed by atoms with Crippen LogP contribution in [-0.2, 0) is 19.2 Å². The molecule has 1 aromatic rings. The van der Waals surface area contributed by atoms with Crippen molar-refractivity contribution in [2.45, 2.75) is 18.3 Å². The third-order valence-electron chi connectivity index (χ3n) is 5.40. The molecule has 7 heteroatoms. The molecule has 0 N–H and O–H groups in total. The van der Waals surface area contributed by atoms with Crippen LogP contribution in [0.3, 0.4) is 0 Å². The number of halogens is 1. The summed E-state index contributed by atoms with van der Waals surface area (Å²) in [5, 5.41) is 4.24. The van der Waals surface area contributed by atoms with E-state index in [0.717, 1.165) is 15.7 Å². The van der Waals surface area contributed by atoms with Gasteiger partial charge in [0.2, 0.25) is 11.8 Å². The van der Waals surface area contributed by atoms with Gasteiger partial charge >= 0.3 is 0 Å². The maximum absolute atomic E-state index is 12.4. The zero-order valence-corrected chi connectivity index (χ0v) is 13.8. The first-order chi connectivity index (χ1) is 11.1. The summed E-state index contributed by atoms with van der Waals surface area (Å²) in [7, 11) is 1.54. The van der Waals surface area contributed by atoms with E-state index in [9.17, 15) is 9.59 Å². The van der Waals surface area contributed by atoms with Gasteiger partial charge in [0.1, 0.15) is 6.10 Å². The number of benzene rings is 1. The number of hydrogen-bond donors (Lipinski definition) is 0. The second kappa shape index (κ2) is 4.42. The van der Waals surface area contributed by atoms with Crippen molar-refractivity contribution in [1.29, 1.82) is 0 Å².